The second kappa shape index (κ2) is 4.41. The van der Waals surface area contributed by atoms with Crippen molar-refractivity contribution in [2.24, 2.45) is 0 Å². The number of ether oxygens (including phenoxy) is 1. The lowest BCUT2D eigenvalue weighted by Crippen LogP contribution is -2.57. The van der Waals surface area contributed by atoms with Crippen LogP contribution in [0.3, 0.4) is 0 Å². The second-order valence-corrected chi connectivity index (χ2v) is 4.30. The Morgan fingerprint density at radius 3 is 2.57 bits per heavy atom. The standard InChI is InChI=1S/C11H19NO2/c1-2-14-11-7-12(8-11)9-3-5-10(13)6-4-9/h9,11H,2-8H2,1H3. The van der Waals surface area contributed by atoms with Gasteiger partial charge in [0.25, 0.3) is 0 Å². The zero-order valence-electron chi connectivity index (χ0n) is 8.87. The van der Waals surface area contributed by atoms with Crippen LogP contribution in [0.15, 0.2) is 0 Å². The van der Waals surface area contributed by atoms with Gasteiger partial charge in [0, 0.05) is 38.6 Å². The van der Waals surface area contributed by atoms with Gasteiger partial charge in [0.2, 0.25) is 0 Å². The summed E-state index contributed by atoms with van der Waals surface area (Å²) in [7, 11) is 0. The Bertz CT molecular complexity index is 201. The molecule has 1 aliphatic heterocycles. The van der Waals surface area contributed by atoms with E-state index in [-0.39, 0.29) is 0 Å². The molecular formula is C11H19NO2. The van der Waals surface area contributed by atoms with Crippen LogP contribution in [0.1, 0.15) is 32.6 Å². The lowest BCUT2D eigenvalue weighted by Gasteiger charge is -2.45. The van der Waals surface area contributed by atoms with Gasteiger partial charge in [-0.15, -0.1) is 0 Å². The van der Waals surface area contributed by atoms with Crippen molar-refractivity contribution in [2.75, 3.05) is 19.7 Å². The normalized spacial score (nSPS) is 26.5. The smallest absolute Gasteiger partial charge is 0.133 e. The number of carbonyl (C=O) groups is 1. The molecule has 2 rings (SSSR count). The summed E-state index contributed by atoms with van der Waals surface area (Å²) in [5, 5.41) is 0. The Labute approximate surface area is 85.4 Å². The molecule has 0 aromatic rings. The minimum atomic E-state index is 0.447. The number of rotatable bonds is 3. The highest BCUT2D eigenvalue weighted by molar-refractivity contribution is 5.79. The summed E-state index contributed by atoms with van der Waals surface area (Å²) < 4.78 is 5.51. The molecule has 2 fully saturated rings. The van der Waals surface area contributed by atoms with Crippen LogP contribution >= 0.6 is 0 Å². The molecule has 0 aromatic carbocycles. The Morgan fingerprint density at radius 2 is 2.00 bits per heavy atom. The number of hydrogen-bond acceptors (Lipinski definition) is 3. The van der Waals surface area contributed by atoms with Gasteiger partial charge >= 0.3 is 0 Å². The first-order chi connectivity index (χ1) is 6.79. The molecule has 0 radical (unpaired) electrons. The molecular weight excluding hydrogens is 178 g/mol. The van der Waals surface area contributed by atoms with Crippen molar-refractivity contribution < 1.29 is 9.53 Å². The summed E-state index contributed by atoms with van der Waals surface area (Å²) in [6.45, 7) is 5.02. The maximum absolute atomic E-state index is 11.1. The first-order valence-corrected chi connectivity index (χ1v) is 5.67. The fourth-order valence-corrected chi connectivity index (χ4v) is 2.40. The predicted octanol–water partition coefficient (Wildman–Crippen LogP) is 1.22. The van der Waals surface area contributed by atoms with Gasteiger partial charge in [0.15, 0.2) is 0 Å². The van der Waals surface area contributed by atoms with Gasteiger partial charge in [-0.25, -0.2) is 0 Å². The highest BCUT2D eigenvalue weighted by atomic mass is 16.5. The maximum atomic E-state index is 11.1. The molecule has 14 heavy (non-hydrogen) atoms. The number of nitrogens with zero attached hydrogens (tertiary/aromatic N) is 1. The van der Waals surface area contributed by atoms with Crippen LogP contribution in [0.4, 0.5) is 0 Å². The monoisotopic (exact) mass is 197 g/mol. The first-order valence-electron chi connectivity index (χ1n) is 5.67. The second-order valence-electron chi connectivity index (χ2n) is 4.30. The van der Waals surface area contributed by atoms with E-state index in [1.807, 2.05) is 6.92 Å². The summed E-state index contributed by atoms with van der Waals surface area (Å²) in [5.41, 5.74) is 0. The van der Waals surface area contributed by atoms with Crippen molar-refractivity contribution in [3.05, 3.63) is 0 Å². The molecule has 0 N–H and O–H groups in total. The van der Waals surface area contributed by atoms with Crippen LogP contribution in [0, 0.1) is 0 Å². The fourth-order valence-electron chi connectivity index (χ4n) is 2.40. The zero-order chi connectivity index (χ0) is 9.97. The summed E-state index contributed by atoms with van der Waals surface area (Å²) >= 11 is 0. The molecule has 0 spiro atoms. The topological polar surface area (TPSA) is 29.5 Å². The molecule has 2 aliphatic rings. The summed E-state index contributed by atoms with van der Waals surface area (Å²) in [4.78, 5) is 13.5. The average Bonchev–Trinajstić information content (AvgIpc) is 2.13. The van der Waals surface area contributed by atoms with E-state index in [2.05, 4.69) is 4.90 Å². The Kier molecular flexibility index (Phi) is 3.19. The van der Waals surface area contributed by atoms with E-state index in [4.69, 9.17) is 4.74 Å². The van der Waals surface area contributed by atoms with E-state index in [9.17, 15) is 4.79 Å². The fraction of sp³-hybridized carbons (Fsp3) is 0.909. The quantitative estimate of drug-likeness (QED) is 0.681. The highest BCUT2D eigenvalue weighted by Crippen LogP contribution is 2.25. The van der Waals surface area contributed by atoms with Gasteiger partial charge in [0.05, 0.1) is 6.10 Å². The van der Waals surface area contributed by atoms with Crippen LogP contribution in [-0.2, 0) is 9.53 Å². The van der Waals surface area contributed by atoms with Crippen LogP contribution < -0.4 is 0 Å². The van der Waals surface area contributed by atoms with Gasteiger partial charge in [-0.2, -0.15) is 0 Å². The highest BCUT2D eigenvalue weighted by Gasteiger charge is 2.34. The number of carbonyl (C=O) groups excluding carboxylic acids is 1. The summed E-state index contributed by atoms with van der Waals surface area (Å²) in [6.07, 6.45) is 4.17. The molecule has 80 valence electrons. The summed E-state index contributed by atoms with van der Waals surface area (Å²) in [5.74, 6) is 0.447. The first kappa shape index (κ1) is 10.1. The van der Waals surface area contributed by atoms with E-state index < -0.39 is 0 Å². The van der Waals surface area contributed by atoms with Crippen LogP contribution in [-0.4, -0.2) is 42.5 Å². The molecule has 0 amide bonds. The van der Waals surface area contributed by atoms with Crippen LogP contribution in [0.5, 0.6) is 0 Å². The molecule has 3 heteroatoms. The number of ketones is 1. The van der Waals surface area contributed by atoms with Crippen molar-refractivity contribution in [2.45, 2.75) is 44.8 Å². The number of Topliss-reactive ketones (excluding diaryl/α,β-unsaturated/α-hetero) is 1. The molecule has 0 aromatic heterocycles. The SMILES string of the molecule is CCOC1CN(C2CCC(=O)CC2)C1. The van der Waals surface area contributed by atoms with E-state index in [1.54, 1.807) is 0 Å². The third kappa shape index (κ3) is 2.15. The molecule has 0 bridgehead atoms. The Morgan fingerprint density at radius 1 is 1.36 bits per heavy atom. The zero-order valence-corrected chi connectivity index (χ0v) is 8.87. The number of hydrogen-bond donors (Lipinski definition) is 0. The maximum Gasteiger partial charge on any atom is 0.133 e. The molecule has 1 saturated heterocycles. The number of likely N-dealkylation sites (tertiary alicyclic amines) is 1. The van der Waals surface area contributed by atoms with Crippen molar-refractivity contribution in [3.8, 4) is 0 Å². The molecule has 1 aliphatic carbocycles. The molecule has 3 nitrogen and oxygen atoms in total. The van der Waals surface area contributed by atoms with E-state index in [0.29, 0.717) is 17.9 Å². The lowest BCUT2D eigenvalue weighted by atomic mass is 9.91. The minimum absolute atomic E-state index is 0.447. The molecule has 1 heterocycles. The molecule has 1 saturated carbocycles. The molecule has 0 unspecified atom stereocenters. The van der Waals surface area contributed by atoms with Gasteiger partial charge in [-0.1, -0.05) is 0 Å². The largest absolute Gasteiger partial charge is 0.376 e. The van der Waals surface area contributed by atoms with Gasteiger partial charge in [-0.05, 0) is 19.8 Å². The summed E-state index contributed by atoms with van der Waals surface area (Å²) in [6, 6.07) is 0.657. The van der Waals surface area contributed by atoms with E-state index in [1.165, 1.54) is 0 Å². The van der Waals surface area contributed by atoms with Crippen LogP contribution in [0.25, 0.3) is 0 Å². The average molecular weight is 197 g/mol. The minimum Gasteiger partial charge on any atom is -0.376 e. The van der Waals surface area contributed by atoms with Crippen LogP contribution in [0.2, 0.25) is 0 Å². The Hall–Kier alpha value is -0.410. The van der Waals surface area contributed by atoms with Gasteiger partial charge < -0.3 is 4.74 Å². The van der Waals surface area contributed by atoms with Gasteiger partial charge in [0.1, 0.15) is 5.78 Å². The van der Waals surface area contributed by atoms with E-state index >= 15 is 0 Å². The van der Waals surface area contributed by atoms with Gasteiger partial charge in [-0.3, -0.25) is 9.69 Å². The lowest BCUT2D eigenvalue weighted by molar-refractivity contribution is -0.123. The van der Waals surface area contributed by atoms with E-state index in [0.717, 1.165) is 45.4 Å². The van der Waals surface area contributed by atoms with Crippen molar-refractivity contribution >= 4 is 5.78 Å². The van der Waals surface area contributed by atoms with Crippen molar-refractivity contribution in [3.63, 3.8) is 0 Å². The molecule has 0 atom stereocenters. The predicted molar refractivity (Wildman–Crippen MR) is 54.3 cm³/mol. The third-order valence-corrected chi connectivity index (χ3v) is 3.31. The van der Waals surface area contributed by atoms with Crippen molar-refractivity contribution in [1.82, 2.24) is 4.90 Å². The third-order valence-electron chi connectivity index (χ3n) is 3.31. The van der Waals surface area contributed by atoms with Crippen molar-refractivity contribution in [1.29, 1.82) is 0 Å². The Balaban J connectivity index is 1.69.